The summed E-state index contributed by atoms with van der Waals surface area (Å²) in [7, 11) is 0. The van der Waals surface area contributed by atoms with Gasteiger partial charge in [0.15, 0.2) is 0 Å². The van der Waals surface area contributed by atoms with Gasteiger partial charge in [-0.15, -0.1) is 0 Å². The van der Waals surface area contributed by atoms with Crippen molar-refractivity contribution in [2.45, 2.75) is 25.3 Å². The maximum Gasteiger partial charge on any atom is 0.253 e. The van der Waals surface area contributed by atoms with E-state index in [0.29, 0.717) is 30.9 Å². The Morgan fingerprint density at radius 2 is 1.34 bits per heavy atom. The first kappa shape index (κ1) is 21.9. The molecule has 0 aliphatic carbocycles. The van der Waals surface area contributed by atoms with E-state index < -0.39 is 10.9 Å². The molecular weight excluding hydrogens is 364 g/mol. The van der Waals surface area contributed by atoms with Crippen LogP contribution in [0.25, 0.3) is 0 Å². The van der Waals surface area contributed by atoms with Crippen LogP contribution in [0.4, 0.5) is 11.4 Å². The first-order valence-electron chi connectivity index (χ1n) is 9.55. The van der Waals surface area contributed by atoms with Crippen LogP contribution in [0.1, 0.15) is 17.5 Å². The van der Waals surface area contributed by atoms with Crippen LogP contribution < -0.4 is 27.2 Å². The zero-order valence-corrected chi connectivity index (χ0v) is 16.3. The van der Waals surface area contributed by atoms with E-state index in [-0.39, 0.29) is 6.04 Å². The second-order valence-corrected chi connectivity index (χ2v) is 6.75. The fraction of sp³-hybridized carbons (Fsp3) is 0.261. The third-order valence-electron chi connectivity index (χ3n) is 4.58. The lowest BCUT2D eigenvalue weighted by molar-refractivity contribution is 0.698. The highest BCUT2D eigenvalue weighted by molar-refractivity contribution is 5.73. The van der Waals surface area contributed by atoms with Crippen molar-refractivity contribution in [3.05, 3.63) is 92.2 Å². The minimum Gasteiger partial charge on any atom is -0.380 e. The molecular formula is C23H26N4O2. The molecule has 150 valence electrons. The normalized spacial score (nSPS) is 11.3. The summed E-state index contributed by atoms with van der Waals surface area (Å²) >= 11 is 0. The lowest BCUT2D eigenvalue weighted by Crippen LogP contribution is -2.40. The highest BCUT2D eigenvalue weighted by Crippen LogP contribution is 2.15. The number of nitrogens with one attached hydrogen (secondary N) is 2. The van der Waals surface area contributed by atoms with Gasteiger partial charge in [-0.2, -0.15) is 0 Å². The number of rotatable bonds is 10. The summed E-state index contributed by atoms with van der Waals surface area (Å²) in [4.78, 5) is 23.7. The number of nitrogens with two attached hydrogens (primary N) is 1. The Morgan fingerprint density at radius 1 is 0.828 bits per heavy atom. The molecule has 0 fully saturated rings. The molecule has 0 aliphatic heterocycles. The Morgan fingerprint density at radius 3 is 1.93 bits per heavy atom. The van der Waals surface area contributed by atoms with Crippen LogP contribution in [0.2, 0.25) is 0 Å². The predicted molar refractivity (Wildman–Crippen MR) is 118 cm³/mol. The standard InChI is InChI=1S/C22H25N3O2.CHN/c23-18(14-17-10-5-2-6-11-17)15-25-20-19(21(26)22(20)27)24-13-7-12-16-8-3-1-4-9-16;1-2/h1-6,8-11,18,24-25H,7,12-15,23H2;1H/t18-;/m0./s1. The Bertz CT molecular complexity index is 961. The molecule has 3 aromatic carbocycles. The van der Waals surface area contributed by atoms with Gasteiger partial charge in [0.1, 0.15) is 11.4 Å². The monoisotopic (exact) mass is 390 g/mol. The molecule has 4 N–H and O–H groups in total. The highest BCUT2D eigenvalue weighted by atomic mass is 16.2. The fourth-order valence-electron chi connectivity index (χ4n) is 3.10. The van der Waals surface area contributed by atoms with Crippen molar-refractivity contribution in [1.82, 2.24) is 0 Å². The topological polar surface area (TPSA) is 108 Å². The molecule has 0 bridgehead atoms. The molecule has 0 aromatic heterocycles. The van der Waals surface area contributed by atoms with Gasteiger partial charge in [0.25, 0.3) is 10.9 Å². The summed E-state index contributed by atoms with van der Waals surface area (Å²) in [6.45, 7) is 4.59. The van der Waals surface area contributed by atoms with Gasteiger partial charge in [-0.25, -0.2) is 5.26 Å². The van der Waals surface area contributed by atoms with Crippen molar-refractivity contribution >= 4 is 11.4 Å². The van der Waals surface area contributed by atoms with Crippen LogP contribution in [0.3, 0.4) is 0 Å². The van der Waals surface area contributed by atoms with Crippen molar-refractivity contribution < 1.29 is 0 Å². The van der Waals surface area contributed by atoms with Crippen molar-refractivity contribution in [3.63, 3.8) is 0 Å². The van der Waals surface area contributed by atoms with Crippen molar-refractivity contribution in [2.24, 2.45) is 5.73 Å². The third-order valence-corrected chi connectivity index (χ3v) is 4.58. The van der Waals surface area contributed by atoms with E-state index >= 15 is 0 Å². The number of anilines is 2. The molecule has 6 nitrogen and oxygen atoms in total. The molecule has 3 aromatic rings. The summed E-state index contributed by atoms with van der Waals surface area (Å²) in [6, 6.07) is 20.0. The molecule has 0 amide bonds. The van der Waals surface area contributed by atoms with Gasteiger partial charge in [0.05, 0.1) is 0 Å². The van der Waals surface area contributed by atoms with Crippen molar-refractivity contribution in [2.75, 3.05) is 23.7 Å². The zero-order valence-electron chi connectivity index (χ0n) is 16.3. The first-order chi connectivity index (χ1) is 14.1. The van der Waals surface area contributed by atoms with Gasteiger partial charge in [-0.1, -0.05) is 60.7 Å². The number of benzene rings is 2. The van der Waals surface area contributed by atoms with E-state index in [1.165, 1.54) is 5.56 Å². The van der Waals surface area contributed by atoms with Crippen LogP contribution in [-0.2, 0) is 12.8 Å². The van der Waals surface area contributed by atoms with Gasteiger partial charge >= 0.3 is 0 Å². The maximum atomic E-state index is 11.8. The van der Waals surface area contributed by atoms with Gasteiger partial charge in [-0.05, 0) is 30.4 Å². The molecule has 0 radical (unpaired) electrons. The van der Waals surface area contributed by atoms with Crippen molar-refractivity contribution in [3.8, 4) is 6.57 Å². The summed E-state index contributed by atoms with van der Waals surface area (Å²) in [6.07, 6.45) is 2.52. The molecule has 0 unspecified atom stereocenters. The molecule has 6 heteroatoms. The third kappa shape index (κ3) is 6.30. The Labute approximate surface area is 170 Å². The van der Waals surface area contributed by atoms with Gasteiger partial charge in [-0.3, -0.25) is 9.59 Å². The molecule has 3 rings (SSSR count). The molecule has 0 saturated heterocycles. The number of hydrogen-bond donors (Lipinski definition) is 3. The van der Waals surface area contributed by atoms with Crippen LogP contribution >= 0.6 is 0 Å². The Hall–Kier alpha value is -3.43. The van der Waals surface area contributed by atoms with Crippen LogP contribution in [0.15, 0.2) is 70.3 Å². The predicted octanol–water partition coefficient (Wildman–Crippen LogP) is 2.45. The van der Waals surface area contributed by atoms with E-state index in [4.69, 9.17) is 11.0 Å². The minimum atomic E-state index is -0.465. The molecule has 0 aliphatic rings. The number of aryl methyl sites for hydroxylation is 1. The lowest BCUT2D eigenvalue weighted by Gasteiger charge is -2.18. The number of nitrogens with zero attached hydrogens (tertiary/aromatic N) is 1. The van der Waals surface area contributed by atoms with Gasteiger partial charge in [0, 0.05) is 25.7 Å². The van der Waals surface area contributed by atoms with Crippen LogP contribution in [0.5, 0.6) is 0 Å². The number of nitriles is 1. The average molecular weight is 390 g/mol. The summed E-state index contributed by atoms with van der Waals surface area (Å²) in [5.41, 5.74) is 8.39. The van der Waals surface area contributed by atoms with E-state index in [1.54, 1.807) is 0 Å². The molecule has 0 heterocycles. The first-order valence-corrected chi connectivity index (χ1v) is 9.55. The largest absolute Gasteiger partial charge is 0.380 e. The summed E-state index contributed by atoms with van der Waals surface area (Å²) in [5, 5.41) is 12.6. The lowest BCUT2D eigenvalue weighted by atomic mass is 10.1. The summed E-state index contributed by atoms with van der Waals surface area (Å²) in [5.74, 6) is 0. The number of hydrogen-bond acceptors (Lipinski definition) is 6. The SMILES string of the molecule is C#N.N[C@H](CNc1c(NCCCc2ccccc2)c(=O)c1=O)Cc1ccccc1. The Balaban J connectivity index is 0.00000145. The van der Waals surface area contributed by atoms with E-state index in [0.717, 1.165) is 18.4 Å². The second-order valence-electron chi connectivity index (χ2n) is 6.75. The minimum absolute atomic E-state index is 0.136. The molecule has 0 spiro atoms. The smallest absolute Gasteiger partial charge is 0.253 e. The quantitative estimate of drug-likeness (QED) is 0.362. The zero-order chi connectivity index (χ0) is 21.1. The van der Waals surface area contributed by atoms with Gasteiger partial charge in [0.2, 0.25) is 0 Å². The molecule has 1 atom stereocenters. The summed E-state index contributed by atoms with van der Waals surface area (Å²) < 4.78 is 0. The van der Waals surface area contributed by atoms with E-state index in [1.807, 2.05) is 48.5 Å². The average Bonchev–Trinajstić information content (AvgIpc) is 2.77. The van der Waals surface area contributed by atoms with Crippen LogP contribution in [0, 0.1) is 11.8 Å². The van der Waals surface area contributed by atoms with E-state index in [2.05, 4.69) is 29.3 Å². The van der Waals surface area contributed by atoms with E-state index in [9.17, 15) is 9.59 Å². The van der Waals surface area contributed by atoms with Crippen LogP contribution in [-0.4, -0.2) is 19.1 Å². The molecule has 0 saturated carbocycles. The molecule has 29 heavy (non-hydrogen) atoms. The second kappa shape index (κ2) is 11.4. The maximum absolute atomic E-state index is 11.8. The van der Waals surface area contributed by atoms with Gasteiger partial charge < -0.3 is 16.4 Å². The fourth-order valence-corrected chi connectivity index (χ4v) is 3.10. The van der Waals surface area contributed by atoms with Crippen molar-refractivity contribution in [1.29, 1.82) is 5.26 Å². The Kier molecular flexibility index (Phi) is 8.61. The highest BCUT2D eigenvalue weighted by Gasteiger charge is 2.20.